The maximum atomic E-state index is 13.1. The van der Waals surface area contributed by atoms with Crippen LogP contribution >= 0.6 is 0 Å². The number of benzene rings is 1. The zero-order chi connectivity index (χ0) is 21.0. The zero-order valence-electron chi connectivity index (χ0n) is 17.4. The average Bonchev–Trinajstić information content (AvgIpc) is 3.13. The molecule has 1 N–H and O–H groups in total. The first-order chi connectivity index (χ1) is 13.7. The highest BCUT2D eigenvalue weighted by Gasteiger charge is 2.28. The maximum absolute atomic E-state index is 13.1. The predicted octanol–water partition coefficient (Wildman–Crippen LogP) is 4.18. The molecule has 1 aromatic heterocycles. The Balaban J connectivity index is 1.77. The number of amides is 1. The van der Waals surface area contributed by atoms with Crippen LogP contribution in [0.15, 0.2) is 28.8 Å². The van der Waals surface area contributed by atoms with E-state index in [9.17, 15) is 9.59 Å². The van der Waals surface area contributed by atoms with Crippen molar-refractivity contribution < 1.29 is 19.2 Å². The van der Waals surface area contributed by atoms with Crippen LogP contribution in [0.5, 0.6) is 0 Å². The van der Waals surface area contributed by atoms with Gasteiger partial charge in [-0.2, -0.15) is 4.98 Å². The second-order valence-corrected chi connectivity index (χ2v) is 8.91. The van der Waals surface area contributed by atoms with E-state index >= 15 is 0 Å². The molecule has 0 radical (unpaired) electrons. The normalized spacial score (nSPS) is 17.3. The van der Waals surface area contributed by atoms with E-state index in [-0.39, 0.29) is 23.8 Å². The summed E-state index contributed by atoms with van der Waals surface area (Å²) in [6.07, 6.45) is 4.05. The summed E-state index contributed by atoms with van der Waals surface area (Å²) in [5.74, 6) is 0.155. The Bertz CT molecular complexity index is 869. The van der Waals surface area contributed by atoms with E-state index < -0.39 is 5.97 Å². The van der Waals surface area contributed by atoms with Gasteiger partial charge in [-0.1, -0.05) is 38.1 Å². The lowest BCUT2D eigenvalue weighted by Crippen LogP contribution is -2.44. The number of nitrogens with zero attached hydrogens (tertiary/aromatic N) is 3. The third-order valence-corrected chi connectivity index (χ3v) is 5.10. The molecule has 0 bridgehead atoms. The van der Waals surface area contributed by atoms with Crippen LogP contribution in [0.2, 0.25) is 0 Å². The first-order valence-corrected chi connectivity index (χ1v) is 10.2. The van der Waals surface area contributed by atoms with Gasteiger partial charge in [0.15, 0.2) is 0 Å². The molecule has 1 saturated heterocycles. The highest BCUT2D eigenvalue weighted by atomic mass is 16.5. The van der Waals surface area contributed by atoms with Gasteiger partial charge < -0.3 is 14.5 Å². The van der Waals surface area contributed by atoms with Gasteiger partial charge in [0.2, 0.25) is 11.7 Å². The Kier molecular flexibility index (Phi) is 6.35. The lowest BCUT2D eigenvalue weighted by molar-refractivity contribution is -0.137. The van der Waals surface area contributed by atoms with Crippen molar-refractivity contribution in [2.75, 3.05) is 6.54 Å². The van der Waals surface area contributed by atoms with Crippen molar-refractivity contribution in [3.8, 4) is 11.4 Å². The first kappa shape index (κ1) is 21.0. The molecule has 0 spiro atoms. The molecule has 29 heavy (non-hydrogen) atoms. The molecule has 0 aliphatic carbocycles. The van der Waals surface area contributed by atoms with Crippen LogP contribution in [-0.4, -0.2) is 44.6 Å². The van der Waals surface area contributed by atoms with Crippen LogP contribution in [-0.2, 0) is 11.2 Å². The van der Waals surface area contributed by atoms with Crippen molar-refractivity contribution in [1.82, 2.24) is 15.0 Å². The van der Waals surface area contributed by atoms with Gasteiger partial charge in [0.25, 0.3) is 5.91 Å². The number of carbonyl (C=O) groups is 2. The third-order valence-electron chi connectivity index (χ3n) is 5.10. The molecule has 7 heteroatoms. The second kappa shape index (κ2) is 8.76. The Morgan fingerprint density at radius 3 is 2.79 bits per heavy atom. The number of carboxylic acid groups (broad SMARTS) is 1. The van der Waals surface area contributed by atoms with Crippen LogP contribution in [0.4, 0.5) is 0 Å². The molecule has 3 rings (SSSR count). The molecular weight excluding hydrogens is 370 g/mol. The minimum Gasteiger partial charge on any atom is -0.481 e. The van der Waals surface area contributed by atoms with Crippen molar-refractivity contribution in [1.29, 1.82) is 0 Å². The van der Waals surface area contributed by atoms with Gasteiger partial charge in [0.05, 0.1) is 0 Å². The smallest absolute Gasteiger partial charge is 0.303 e. The second-order valence-electron chi connectivity index (χ2n) is 8.91. The van der Waals surface area contributed by atoms with Crippen LogP contribution < -0.4 is 0 Å². The minimum absolute atomic E-state index is 0.0282. The lowest BCUT2D eigenvalue weighted by Gasteiger charge is -2.35. The molecule has 2 heterocycles. The summed E-state index contributed by atoms with van der Waals surface area (Å²) < 4.78 is 5.37. The largest absolute Gasteiger partial charge is 0.481 e. The van der Waals surface area contributed by atoms with E-state index in [1.54, 1.807) is 12.1 Å². The number of carbonyl (C=O) groups excluding carboxylic acids is 1. The highest BCUT2D eigenvalue weighted by Crippen LogP contribution is 2.26. The number of hydrogen-bond acceptors (Lipinski definition) is 5. The number of aromatic nitrogens is 2. The van der Waals surface area contributed by atoms with E-state index in [4.69, 9.17) is 9.63 Å². The van der Waals surface area contributed by atoms with E-state index in [1.807, 2.05) is 17.0 Å². The number of hydrogen-bond donors (Lipinski definition) is 1. The van der Waals surface area contributed by atoms with Crippen LogP contribution in [0.25, 0.3) is 11.4 Å². The van der Waals surface area contributed by atoms with Crippen molar-refractivity contribution in [3.63, 3.8) is 0 Å². The number of carboxylic acids is 1. The van der Waals surface area contributed by atoms with Gasteiger partial charge in [0.1, 0.15) is 0 Å². The van der Waals surface area contributed by atoms with Gasteiger partial charge in [-0.15, -0.1) is 0 Å². The SMILES string of the molecule is CC(C)(C)Cc1nc(-c2cccc(C(=O)N3CCCCC3CCC(=O)O)c2)no1. The predicted molar refractivity (Wildman–Crippen MR) is 108 cm³/mol. The summed E-state index contributed by atoms with van der Waals surface area (Å²) in [4.78, 5) is 30.4. The molecule has 1 fully saturated rings. The Morgan fingerprint density at radius 2 is 2.07 bits per heavy atom. The van der Waals surface area contributed by atoms with Gasteiger partial charge in [-0.25, -0.2) is 0 Å². The molecule has 156 valence electrons. The molecule has 1 atom stereocenters. The molecule has 1 aromatic carbocycles. The fraction of sp³-hybridized carbons (Fsp3) is 0.545. The van der Waals surface area contributed by atoms with Crippen LogP contribution in [0.1, 0.15) is 69.1 Å². The fourth-order valence-electron chi connectivity index (χ4n) is 3.71. The Hall–Kier alpha value is -2.70. The summed E-state index contributed by atoms with van der Waals surface area (Å²) in [6, 6.07) is 7.22. The summed E-state index contributed by atoms with van der Waals surface area (Å²) in [5, 5.41) is 13.1. The number of aliphatic carboxylic acids is 1. The van der Waals surface area contributed by atoms with Crippen molar-refractivity contribution in [2.45, 2.75) is 65.3 Å². The van der Waals surface area contributed by atoms with Crippen molar-refractivity contribution >= 4 is 11.9 Å². The van der Waals surface area contributed by atoms with Crippen LogP contribution in [0.3, 0.4) is 0 Å². The maximum Gasteiger partial charge on any atom is 0.303 e. The van der Waals surface area contributed by atoms with E-state index in [2.05, 4.69) is 30.9 Å². The molecule has 7 nitrogen and oxygen atoms in total. The summed E-state index contributed by atoms with van der Waals surface area (Å²) in [6.45, 7) is 6.98. The summed E-state index contributed by atoms with van der Waals surface area (Å²) in [5.41, 5.74) is 1.34. The van der Waals surface area contributed by atoms with Gasteiger partial charge in [-0.05, 0) is 43.2 Å². The number of piperidine rings is 1. The summed E-state index contributed by atoms with van der Waals surface area (Å²) in [7, 11) is 0. The van der Waals surface area contributed by atoms with Gasteiger partial charge >= 0.3 is 5.97 Å². The quantitative estimate of drug-likeness (QED) is 0.782. The van der Waals surface area contributed by atoms with Crippen LogP contribution in [0, 0.1) is 5.41 Å². The molecular formula is C22H29N3O4. The van der Waals surface area contributed by atoms with E-state index in [0.717, 1.165) is 24.8 Å². The summed E-state index contributed by atoms with van der Waals surface area (Å²) >= 11 is 0. The monoisotopic (exact) mass is 399 g/mol. The minimum atomic E-state index is -0.826. The van der Waals surface area contributed by atoms with Crippen molar-refractivity contribution in [3.05, 3.63) is 35.7 Å². The molecule has 0 saturated carbocycles. The average molecular weight is 399 g/mol. The Labute approximate surface area is 171 Å². The molecule has 2 aromatic rings. The highest BCUT2D eigenvalue weighted by molar-refractivity contribution is 5.95. The standard InChI is InChI=1S/C22H29N3O4/c1-22(2,3)14-18-23-20(24-29-18)15-7-6-8-16(13-15)21(28)25-12-5-4-9-17(25)10-11-19(26)27/h6-8,13,17H,4-5,9-12,14H2,1-3H3,(H,26,27). The Morgan fingerprint density at radius 1 is 1.28 bits per heavy atom. The molecule has 1 aliphatic rings. The van der Waals surface area contributed by atoms with Gasteiger partial charge in [0, 0.05) is 36.6 Å². The van der Waals surface area contributed by atoms with E-state index in [0.29, 0.717) is 36.7 Å². The van der Waals surface area contributed by atoms with Gasteiger partial charge in [-0.3, -0.25) is 9.59 Å². The first-order valence-electron chi connectivity index (χ1n) is 10.2. The third kappa shape index (κ3) is 5.65. The van der Waals surface area contributed by atoms with E-state index in [1.165, 1.54) is 0 Å². The molecule has 1 aliphatic heterocycles. The van der Waals surface area contributed by atoms with Crippen molar-refractivity contribution in [2.24, 2.45) is 5.41 Å². The molecule has 1 unspecified atom stereocenters. The molecule has 1 amide bonds. The zero-order valence-corrected chi connectivity index (χ0v) is 17.4. The fourth-order valence-corrected chi connectivity index (χ4v) is 3.71. The number of likely N-dealkylation sites (tertiary alicyclic amines) is 1. The topological polar surface area (TPSA) is 96.5 Å². The number of rotatable bonds is 6. The lowest BCUT2D eigenvalue weighted by atomic mass is 9.92.